The molecule has 1 saturated heterocycles. The molecule has 1 fully saturated rings. The van der Waals surface area contributed by atoms with Crippen molar-refractivity contribution in [2.45, 2.75) is 45.8 Å². The van der Waals surface area contributed by atoms with Crippen molar-refractivity contribution < 1.29 is 5.11 Å². The lowest BCUT2D eigenvalue weighted by molar-refractivity contribution is 0.0720. The Morgan fingerprint density at radius 3 is 2.21 bits per heavy atom. The van der Waals surface area contributed by atoms with Crippen molar-refractivity contribution in [3.05, 3.63) is 29.3 Å². The number of aliphatic hydroxyl groups is 1. The molecule has 0 spiro atoms. The summed E-state index contributed by atoms with van der Waals surface area (Å²) in [4.78, 5) is 2.33. The van der Waals surface area contributed by atoms with Crippen LogP contribution in [0.25, 0.3) is 0 Å². The Morgan fingerprint density at radius 2 is 1.63 bits per heavy atom. The largest absolute Gasteiger partial charge is 0.387 e. The smallest absolute Gasteiger partial charge is 0.0917 e. The van der Waals surface area contributed by atoms with Gasteiger partial charge in [0.05, 0.1) is 5.60 Å². The normalized spacial score (nSPS) is 27.2. The van der Waals surface area contributed by atoms with Gasteiger partial charge in [-0.05, 0) is 57.9 Å². The predicted molar refractivity (Wildman–Crippen MR) is 80.8 cm³/mol. The lowest BCUT2D eigenvalue weighted by Gasteiger charge is -2.41. The molecular weight excluding hydrogens is 236 g/mol. The van der Waals surface area contributed by atoms with Gasteiger partial charge in [0.15, 0.2) is 0 Å². The van der Waals surface area contributed by atoms with Crippen LogP contribution in [0.4, 0.5) is 5.69 Å². The van der Waals surface area contributed by atoms with Gasteiger partial charge in [0, 0.05) is 30.9 Å². The van der Waals surface area contributed by atoms with E-state index in [4.69, 9.17) is 0 Å². The van der Waals surface area contributed by atoms with Gasteiger partial charge in [-0.25, -0.2) is 0 Å². The van der Waals surface area contributed by atoms with E-state index in [1.807, 2.05) is 6.92 Å². The first kappa shape index (κ1) is 14.4. The lowest BCUT2D eigenvalue weighted by atomic mass is 9.99. The number of anilines is 1. The first-order valence-corrected chi connectivity index (χ1v) is 6.99. The maximum absolute atomic E-state index is 10.5. The number of nitrogens with one attached hydrogen (secondary N) is 1. The maximum Gasteiger partial charge on any atom is 0.0917 e. The summed E-state index contributed by atoms with van der Waals surface area (Å²) in [7, 11) is 0. The highest BCUT2D eigenvalue weighted by Crippen LogP contribution is 2.29. The Hall–Kier alpha value is -1.06. The Kier molecular flexibility index (Phi) is 3.63. The summed E-state index contributed by atoms with van der Waals surface area (Å²) < 4.78 is 0. The van der Waals surface area contributed by atoms with E-state index < -0.39 is 5.60 Å². The summed E-state index contributed by atoms with van der Waals surface area (Å²) in [6.07, 6.45) is 0. The molecule has 1 aromatic rings. The van der Waals surface area contributed by atoms with Crippen LogP contribution in [0.15, 0.2) is 18.2 Å². The molecule has 1 unspecified atom stereocenters. The first-order valence-electron chi connectivity index (χ1n) is 6.99. The number of hydrogen-bond donors (Lipinski definition) is 2. The number of nitrogens with zero attached hydrogens (tertiary/aromatic N) is 1. The summed E-state index contributed by atoms with van der Waals surface area (Å²) in [5.74, 6) is 0. The summed E-state index contributed by atoms with van der Waals surface area (Å²) in [5, 5.41) is 13.8. The molecule has 0 aliphatic carbocycles. The van der Waals surface area contributed by atoms with Crippen molar-refractivity contribution in [1.29, 1.82) is 0 Å². The molecule has 1 aliphatic heterocycles. The van der Waals surface area contributed by atoms with E-state index in [9.17, 15) is 5.11 Å². The van der Waals surface area contributed by atoms with Gasteiger partial charge in [0.2, 0.25) is 0 Å². The van der Waals surface area contributed by atoms with Gasteiger partial charge in [-0.1, -0.05) is 6.07 Å². The molecule has 1 atom stereocenters. The molecule has 2 N–H and O–H groups in total. The zero-order valence-corrected chi connectivity index (χ0v) is 12.7. The van der Waals surface area contributed by atoms with Gasteiger partial charge in [0.25, 0.3) is 0 Å². The van der Waals surface area contributed by atoms with E-state index >= 15 is 0 Å². The molecule has 0 radical (unpaired) electrons. The molecular formula is C16H26N2O. The number of hydrogen-bond acceptors (Lipinski definition) is 3. The van der Waals surface area contributed by atoms with Crippen molar-refractivity contribution in [3.8, 4) is 0 Å². The average Bonchev–Trinajstić information content (AvgIpc) is 2.33. The van der Waals surface area contributed by atoms with E-state index in [0.29, 0.717) is 13.1 Å². The van der Waals surface area contributed by atoms with Crippen molar-refractivity contribution in [2.75, 3.05) is 24.5 Å². The Bertz CT molecular complexity index is 446. The minimum atomic E-state index is -0.703. The van der Waals surface area contributed by atoms with Crippen molar-refractivity contribution in [1.82, 2.24) is 5.32 Å². The molecule has 0 amide bonds. The average molecular weight is 262 g/mol. The highest BCUT2D eigenvalue weighted by atomic mass is 16.3. The number of rotatable bonds is 1. The second-order valence-corrected chi connectivity index (χ2v) is 6.84. The number of β-amino-alcohol motifs (C(OH)–C–C–N with tert-alkyl or cyclic N) is 1. The lowest BCUT2D eigenvalue weighted by Crippen LogP contribution is -2.51. The van der Waals surface area contributed by atoms with Crippen molar-refractivity contribution >= 4 is 5.69 Å². The number of benzene rings is 1. The third-order valence-electron chi connectivity index (χ3n) is 3.81. The van der Waals surface area contributed by atoms with E-state index in [1.54, 1.807) is 0 Å². The van der Waals surface area contributed by atoms with Gasteiger partial charge in [-0.2, -0.15) is 0 Å². The van der Waals surface area contributed by atoms with Gasteiger partial charge < -0.3 is 15.3 Å². The van der Waals surface area contributed by atoms with Crippen LogP contribution < -0.4 is 10.2 Å². The Morgan fingerprint density at radius 1 is 1.05 bits per heavy atom. The van der Waals surface area contributed by atoms with E-state index in [2.05, 4.69) is 56.1 Å². The summed E-state index contributed by atoms with van der Waals surface area (Å²) in [6, 6.07) is 6.59. The quantitative estimate of drug-likeness (QED) is 0.815. The standard InChI is InChI=1S/C16H26N2O/c1-12-6-13(2)8-14(7-12)18-11-16(5,19)10-17-9-15(18,3)4/h6-8,17,19H,9-11H2,1-5H3. The van der Waals surface area contributed by atoms with Gasteiger partial charge in [-0.15, -0.1) is 0 Å². The van der Waals surface area contributed by atoms with Crippen LogP contribution >= 0.6 is 0 Å². The highest BCUT2D eigenvalue weighted by molar-refractivity contribution is 5.53. The van der Waals surface area contributed by atoms with Crippen LogP contribution in [0.5, 0.6) is 0 Å². The van der Waals surface area contributed by atoms with Crippen LogP contribution in [-0.2, 0) is 0 Å². The maximum atomic E-state index is 10.5. The van der Waals surface area contributed by atoms with Gasteiger partial charge >= 0.3 is 0 Å². The van der Waals surface area contributed by atoms with Crippen LogP contribution in [0.1, 0.15) is 31.9 Å². The summed E-state index contributed by atoms with van der Waals surface area (Å²) in [5.41, 5.74) is 3.02. The first-order chi connectivity index (χ1) is 8.70. The van der Waals surface area contributed by atoms with Crippen molar-refractivity contribution in [3.63, 3.8) is 0 Å². The molecule has 3 heteroatoms. The van der Waals surface area contributed by atoms with E-state index in [-0.39, 0.29) is 5.54 Å². The monoisotopic (exact) mass is 262 g/mol. The van der Waals surface area contributed by atoms with Gasteiger partial charge in [0.1, 0.15) is 0 Å². The topological polar surface area (TPSA) is 35.5 Å². The zero-order valence-electron chi connectivity index (χ0n) is 12.7. The summed E-state index contributed by atoms with van der Waals surface area (Å²) >= 11 is 0. The molecule has 1 heterocycles. The van der Waals surface area contributed by atoms with Crippen LogP contribution in [-0.4, -0.2) is 35.9 Å². The minimum absolute atomic E-state index is 0.0132. The fraction of sp³-hybridized carbons (Fsp3) is 0.625. The fourth-order valence-corrected chi connectivity index (χ4v) is 2.89. The Balaban J connectivity index is 2.42. The molecule has 1 aromatic carbocycles. The molecule has 1 aliphatic rings. The SMILES string of the molecule is Cc1cc(C)cc(N2CC(C)(O)CNCC2(C)C)c1. The predicted octanol–water partition coefficient (Wildman–Crippen LogP) is 2.24. The molecule has 0 saturated carbocycles. The number of aryl methyl sites for hydroxylation is 2. The molecule has 0 bridgehead atoms. The zero-order chi connectivity index (χ0) is 14.3. The fourth-order valence-electron chi connectivity index (χ4n) is 2.89. The molecule has 0 aromatic heterocycles. The molecule has 3 nitrogen and oxygen atoms in total. The second-order valence-electron chi connectivity index (χ2n) is 6.84. The Labute approximate surface area is 116 Å². The van der Waals surface area contributed by atoms with Crippen LogP contribution in [0.3, 0.4) is 0 Å². The minimum Gasteiger partial charge on any atom is -0.387 e. The van der Waals surface area contributed by atoms with Crippen molar-refractivity contribution in [2.24, 2.45) is 0 Å². The van der Waals surface area contributed by atoms with Gasteiger partial charge in [-0.3, -0.25) is 0 Å². The van der Waals surface area contributed by atoms with Crippen LogP contribution in [0, 0.1) is 13.8 Å². The molecule has 106 valence electrons. The summed E-state index contributed by atoms with van der Waals surface area (Å²) in [6.45, 7) is 12.7. The van der Waals surface area contributed by atoms with E-state index in [1.165, 1.54) is 16.8 Å². The van der Waals surface area contributed by atoms with E-state index in [0.717, 1.165) is 6.54 Å². The molecule has 2 rings (SSSR count). The third-order valence-corrected chi connectivity index (χ3v) is 3.81. The second kappa shape index (κ2) is 4.80. The highest BCUT2D eigenvalue weighted by Gasteiger charge is 2.36. The molecule has 19 heavy (non-hydrogen) atoms. The van der Waals surface area contributed by atoms with Crippen LogP contribution in [0.2, 0.25) is 0 Å². The third kappa shape index (κ3) is 3.28.